The van der Waals surface area contributed by atoms with Crippen LogP contribution in [0.25, 0.3) is 43.6 Å². The first-order valence-corrected chi connectivity index (χ1v) is 16.9. The van der Waals surface area contributed by atoms with Crippen molar-refractivity contribution in [1.29, 1.82) is 0 Å². The molecule has 0 bridgehead atoms. The van der Waals surface area contributed by atoms with Gasteiger partial charge >= 0.3 is 31.7 Å². The number of carbonyl (C=O) groups is 2. The number of benzene rings is 5. The van der Waals surface area contributed by atoms with Gasteiger partial charge < -0.3 is 19.4 Å². The quantitative estimate of drug-likeness (QED) is 0.101. The van der Waals surface area contributed by atoms with Gasteiger partial charge in [-0.05, 0) is 12.1 Å². The fourth-order valence-corrected chi connectivity index (χ4v) is 8.08. The number of rotatable bonds is 6. The van der Waals surface area contributed by atoms with Crippen molar-refractivity contribution < 1.29 is 44.4 Å². The normalized spacial score (nSPS) is 14.2. The maximum absolute atomic E-state index is 14.0. The zero-order valence-electron chi connectivity index (χ0n) is 24.3. The summed E-state index contributed by atoms with van der Waals surface area (Å²) in [5.41, 5.74) is 17.9. The number of nitrogens with zero attached hydrogens (tertiary/aromatic N) is 4. The van der Waals surface area contributed by atoms with Gasteiger partial charge in [0.05, 0.1) is 6.08 Å². The molecule has 5 aromatic rings. The van der Waals surface area contributed by atoms with Gasteiger partial charge in [-0.2, -0.15) is 26.4 Å². The predicted molar refractivity (Wildman–Crippen MR) is 175 cm³/mol. The molecule has 0 saturated carbocycles. The van der Waals surface area contributed by atoms with Crippen molar-refractivity contribution in [3.05, 3.63) is 136 Å². The van der Waals surface area contributed by atoms with Crippen LogP contribution in [0.15, 0.2) is 108 Å². The molecule has 0 atom stereocenters. The number of carbonyl (C=O) groups excluding carboxylic acids is 2. The molecule has 7 rings (SSSR count). The van der Waals surface area contributed by atoms with E-state index < -0.39 is 42.4 Å². The highest BCUT2D eigenvalue weighted by Crippen LogP contribution is 2.45. The lowest BCUT2D eigenvalue weighted by atomic mass is 9.95. The van der Waals surface area contributed by atoms with E-state index in [0.29, 0.717) is 0 Å². The number of hydrogen-bond donors (Lipinski definition) is 0. The van der Waals surface area contributed by atoms with Crippen molar-refractivity contribution >= 4 is 75.8 Å². The molecular weight excluding hydrogens is 657 g/mol. The summed E-state index contributed by atoms with van der Waals surface area (Å²) in [6.45, 7) is 0. The van der Waals surface area contributed by atoms with Crippen molar-refractivity contribution in [3.63, 3.8) is 0 Å². The van der Waals surface area contributed by atoms with E-state index in [1.54, 1.807) is 30.3 Å². The van der Waals surface area contributed by atoms with Crippen molar-refractivity contribution in [2.45, 2.75) is 4.90 Å². The molecule has 234 valence electrons. The minimum Gasteiger partial charge on any atom is -0.378 e. The standard InChI is InChI=1S/C34H18N4O8S2/c35-37-27-17-16-20-22(31(27)39)14-7-15-29(20)47(41,42)45-33-23-10-3-5-12-25(23)34(26-13-6-4-11-24(26)33)46-48(43,44)30-18-28(38-36)32(40)21-9-2-1-8-19(21)30/h1-18H. The minimum absolute atomic E-state index is 0.00170. The van der Waals surface area contributed by atoms with E-state index in [1.807, 2.05) is 0 Å². The van der Waals surface area contributed by atoms with Crippen LogP contribution in [0, 0.1) is 0 Å². The van der Waals surface area contributed by atoms with Crippen molar-refractivity contribution in [2.24, 2.45) is 0 Å². The lowest BCUT2D eigenvalue weighted by Crippen LogP contribution is -2.24. The molecule has 0 radical (unpaired) electrons. The third kappa shape index (κ3) is 4.77. The topological polar surface area (TPSA) is 194 Å². The zero-order valence-corrected chi connectivity index (χ0v) is 25.9. The first-order chi connectivity index (χ1) is 23.1. The van der Waals surface area contributed by atoms with Crippen LogP contribution in [0.3, 0.4) is 0 Å². The smallest absolute Gasteiger partial charge is 0.364 e. The van der Waals surface area contributed by atoms with Gasteiger partial charge in [-0.3, -0.25) is 9.59 Å². The van der Waals surface area contributed by atoms with E-state index in [1.165, 1.54) is 72.8 Å². The van der Waals surface area contributed by atoms with Crippen LogP contribution in [0.2, 0.25) is 0 Å². The van der Waals surface area contributed by atoms with Gasteiger partial charge in [-0.15, -0.1) is 0 Å². The highest BCUT2D eigenvalue weighted by atomic mass is 32.2. The fourth-order valence-electron chi connectivity index (χ4n) is 5.71. The van der Waals surface area contributed by atoms with Crippen LogP contribution >= 0.6 is 0 Å². The van der Waals surface area contributed by atoms with Gasteiger partial charge in [-0.1, -0.05) is 84.9 Å². The Morgan fingerprint density at radius 2 is 1.00 bits per heavy atom. The maximum atomic E-state index is 14.0. The Hall–Kier alpha value is -6.30. The molecule has 0 amide bonds. The summed E-state index contributed by atoms with van der Waals surface area (Å²) in [4.78, 5) is 30.6. The first-order valence-electron chi connectivity index (χ1n) is 14.0. The number of ketones is 2. The molecule has 2 aliphatic carbocycles. The molecule has 0 spiro atoms. The monoisotopic (exact) mass is 674 g/mol. The third-order valence-corrected chi connectivity index (χ3v) is 10.4. The molecular formula is C34H18N4O8S2. The van der Waals surface area contributed by atoms with Gasteiger partial charge in [0.2, 0.25) is 0 Å². The zero-order chi connectivity index (χ0) is 33.8. The van der Waals surface area contributed by atoms with Gasteiger partial charge in [0, 0.05) is 49.9 Å². The largest absolute Gasteiger partial charge is 0.378 e. The molecule has 0 heterocycles. The van der Waals surface area contributed by atoms with Gasteiger partial charge in [0.1, 0.15) is 9.80 Å². The molecule has 0 N–H and O–H groups in total. The summed E-state index contributed by atoms with van der Waals surface area (Å²) in [5, 5.41) is 0.718. The second-order valence-electron chi connectivity index (χ2n) is 10.6. The molecule has 0 saturated heterocycles. The summed E-state index contributed by atoms with van der Waals surface area (Å²) in [6, 6.07) is 22.5. The second-order valence-corrected chi connectivity index (χ2v) is 13.6. The first kappa shape index (κ1) is 30.4. The molecule has 2 aliphatic rings. The Labute approximate surface area is 272 Å². The van der Waals surface area contributed by atoms with Crippen LogP contribution in [0.1, 0.15) is 31.8 Å². The Kier molecular flexibility index (Phi) is 7.08. The van der Waals surface area contributed by atoms with Crippen LogP contribution in [0.4, 0.5) is 0 Å². The Morgan fingerprint density at radius 1 is 0.521 bits per heavy atom. The van der Waals surface area contributed by atoms with Crippen LogP contribution < -0.4 is 8.37 Å². The predicted octanol–water partition coefficient (Wildman–Crippen LogP) is 5.26. The summed E-state index contributed by atoms with van der Waals surface area (Å²) in [7, 11) is -9.36. The van der Waals surface area contributed by atoms with Crippen LogP contribution in [0.5, 0.6) is 11.5 Å². The number of hydrogen-bond acceptors (Lipinski definition) is 8. The summed E-state index contributed by atoms with van der Waals surface area (Å²) < 4.78 is 67.3. The van der Waals surface area contributed by atoms with Crippen LogP contribution in [-0.2, 0) is 20.2 Å². The van der Waals surface area contributed by atoms with Gasteiger partial charge in [-0.25, -0.2) is 0 Å². The minimum atomic E-state index is -4.72. The number of allylic oxidation sites excluding steroid dienone is 2. The number of fused-ring (bicyclic) bond motifs is 4. The maximum Gasteiger partial charge on any atom is 0.364 e. The van der Waals surface area contributed by atoms with Gasteiger partial charge in [0.15, 0.2) is 11.5 Å². The lowest BCUT2D eigenvalue weighted by molar-refractivity contribution is -0.00459. The lowest BCUT2D eigenvalue weighted by Gasteiger charge is -2.20. The molecule has 12 nitrogen and oxygen atoms in total. The second kappa shape index (κ2) is 11.2. The fraction of sp³-hybridized carbons (Fsp3) is 0. The molecule has 5 aromatic carbocycles. The molecule has 48 heavy (non-hydrogen) atoms. The summed E-state index contributed by atoms with van der Waals surface area (Å²) >= 11 is 0. The van der Waals surface area contributed by atoms with E-state index >= 15 is 0 Å². The highest BCUT2D eigenvalue weighted by Gasteiger charge is 2.37. The molecule has 0 unspecified atom stereocenters. The summed E-state index contributed by atoms with van der Waals surface area (Å²) in [6.07, 6.45) is 3.44. The summed E-state index contributed by atoms with van der Waals surface area (Å²) in [5.74, 6) is -1.63. The van der Waals surface area contributed by atoms with E-state index in [0.717, 1.165) is 6.08 Å². The number of Topliss-reactive ketones (excluding diaryl/α,β-unsaturated/α-hetero) is 2. The van der Waals surface area contributed by atoms with Gasteiger partial charge in [0.25, 0.3) is 11.6 Å². The molecule has 14 heteroatoms. The Morgan fingerprint density at radius 3 is 1.56 bits per heavy atom. The molecule has 0 aromatic heterocycles. The Balaban J connectivity index is 1.39. The van der Waals surface area contributed by atoms with E-state index in [4.69, 9.17) is 13.9 Å². The average Bonchev–Trinajstić information content (AvgIpc) is 3.09. The molecule has 0 aliphatic heterocycles. The SMILES string of the molecule is [N-]=[N+]=C1C=C(S(=O)(=O)Oc2c3ccccc3c(OS(=O)(=O)c3cccc4c3C=CC(=[N+]=[N-])C4=O)c3ccccc23)c2ccccc2C1=O. The highest BCUT2D eigenvalue weighted by molar-refractivity contribution is 7.96. The third-order valence-electron chi connectivity index (χ3n) is 7.86. The van der Waals surface area contributed by atoms with Crippen molar-refractivity contribution in [3.8, 4) is 11.5 Å². The van der Waals surface area contributed by atoms with E-state index in [9.17, 15) is 32.0 Å². The average molecular weight is 675 g/mol. The molecule has 0 fully saturated rings. The van der Waals surface area contributed by atoms with Crippen LogP contribution in [-0.4, -0.2) is 49.4 Å². The Bertz CT molecular complexity index is 2650. The van der Waals surface area contributed by atoms with E-state index in [-0.39, 0.29) is 65.9 Å². The van der Waals surface area contributed by atoms with Crippen molar-refractivity contribution in [2.75, 3.05) is 0 Å². The van der Waals surface area contributed by atoms with Crippen molar-refractivity contribution in [1.82, 2.24) is 0 Å². The van der Waals surface area contributed by atoms with E-state index in [2.05, 4.69) is 9.58 Å².